The van der Waals surface area contributed by atoms with E-state index in [0.717, 1.165) is 4.88 Å². The van der Waals surface area contributed by atoms with Crippen LogP contribution in [-0.4, -0.2) is 22.1 Å². The zero-order valence-electron chi connectivity index (χ0n) is 19.5. The molecular weight excluding hydrogens is 538 g/mol. The van der Waals surface area contributed by atoms with E-state index < -0.39 is 16.9 Å². The molecule has 0 aliphatic carbocycles. The highest BCUT2D eigenvalue weighted by atomic mass is 35.5. The van der Waals surface area contributed by atoms with Gasteiger partial charge in [0.1, 0.15) is 17.6 Å². The molecule has 0 N–H and O–H groups in total. The molecule has 4 aromatic rings. The number of esters is 1. The Morgan fingerprint density at radius 3 is 2.84 bits per heavy atom. The molecule has 12 heteroatoms. The SMILES string of the molecule is CCOC(=O)C1=C(C)N=c2s/c(=C\c3ccc(-c4cc([N+](=O)[O-])ccc4Cl)o3)c(=O)n2C1c1cccs1. The number of aromatic nitrogens is 1. The average molecular weight is 556 g/mol. The average Bonchev–Trinajstić information content (AvgIpc) is 3.61. The van der Waals surface area contributed by atoms with Crippen molar-refractivity contribution in [2.24, 2.45) is 4.99 Å². The van der Waals surface area contributed by atoms with Gasteiger partial charge in [-0.25, -0.2) is 9.79 Å². The van der Waals surface area contributed by atoms with Crippen molar-refractivity contribution in [1.29, 1.82) is 0 Å². The zero-order valence-corrected chi connectivity index (χ0v) is 21.9. The Kier molecular flexibility index (Phi) is 6.67. The summed E-state index contributed by atoms with van der Waals surface area (Å²) in [5.74, 6) is 0.169. The third kappa shape index (κ3) is 4.57. The van der Waals surface area contributed by atoms with Crippen LogP contribution >= 0.6 is 34.3 Å². The zero-order chi connectivity index (χ0) is 26.3. The highest BCUT2D eigenvalue weighted by Gasteiger charge is 2.33. The first-order valence-electron chi connectivity index (χ1n) is 11.1. The van der Waals surface area contributed by atoms with Gasteiger partial charge in [-0.15, -0.1) is 11.3 Å². The monoisotopic (exact) mass is 555 g/mol. The van der Waals surface area contributed by atoms with E-state index in [2.05, 4.69) is 4.99 Å². The number of thiazole rings is 1. The molecule has 1 atom stereocenters. The molecule has 9 nitrogen and oxygen atoms in total. The first-order valence-corrected chi connectivity index (χ1v) is 13.1. The predicted octanol–water partition coefficient (Wildman–Crippen LogP) is 4.68. The van der Waals surface area contributed by atoms with Crippen LogP contribution in [0.25, 0.3) is 17.4 Å². The number of nitro groups is 1. The van der Waals surface area contributed by atoms with Crippen molar-refractivity contribution in [2.75, 3.05) is 6.61 Å². The lowest BCUT2D eigenvalue weighted by Gasteiger charge is -2.23. The summed E-state index contributed by atoms with van der Waals surface area (Å²) in [6.07, 6.45) is 1.58. The summed E-state index contributed by atoms with van der Waals surface area (Å²) in [7, 11) is 0. The van der Waals surface area contributed by atoms with E-state index in [4.69, 9.17) is 20.8 Å². The van der Waals surface area contributed by atoms with Crippen LogP contribution in [0, 0.1) is 10.1 Å². The van der Waals surface area contributed by atoms with Gasteiger partial charge in [0.2, 0.25) is 0 Å². The summed E-state index contributed by atoms with van der Waals surface area (Å²) in [4.78, 5) is 42.9. The third-order valence-corrected chi connectivity index (χ3v) is 7.89. The summed E-state index contributed by atoms with van der Waals surface area (Å²) < 4.78 is 13.0. The number of allylic oxidation sites excluding steroid dienone is 1. The second-order valence-corrected chi connectivity index (χ2v) is 10.3. The van der Waals surface area contributed by atoms with Gasteiger partial charge in [-0.1, -0.05) is 29.0 Å². The van der Waals surface area contributed by atoms with Gasteiger partial charge in [0.15, 0.2) is 4.80 Å². The number of rotatable bonds is 6. The van der Waals surface area contributed by atoms with Crippen molar-refractivity contribution in [3.63, 3.8) is 0 Å². The van der Waals surface area contributed by atoms with Gasteiger partial charge >= 0.3 is 5.97 Å². The Bertz CT molecular complexity index is 1750. The lowest BCUT2D eigenvalue weighted by Crippen LogP contribution is -2.39. The Balaban J connectivity index is 1.61. The molecule has 5 rings (SSSR count). The number of hydrogen-bond acceptors (Lipinski definition) is 9. The molecule has 37 heavy (non-hydrogen) atoms. The molecule has 4 heterocycles. The highest BCUT2D eigenvalue weighted by molar-refractivity contribution is 7.10. The Labute approximate surface area is 222 Å². The summed E-state index contributed by atoms with van der Waals surface area (Å²) in [5, 5.41) is 13.3. The van der Waals surface area contributed by atoms with Gasteiger partial charge in [0.05, 0.1) is 32.4 Å². The maximum Gasteiger partial charge on any atom is 0.338 e. The second-order valence-electron chi connectivity index (χ2n) is 7.94. The second kappa shape index (κ2) is 9.92. The number of nitro benzene ring substituents is 1. The molecule has 1 aliphatic heterocycles. The van der Waals surface area contributed by atoms with Crippen LogP contribution in [0.3, 0.4) is 0 Å². The molecule has 0 saturated heterocycles. The van der Waals surface area contributed by atoms with Gasteiger partial charge in [-0.2, -0.15) is 0 Å². The normalized spacial score (nSPS) is 15.4. The molecule has 0 bridgehead atoms. The van der Waals surface area contributed by atoms with E-state index in [9.17, 15) is 19.7 Å². The summed E-state index contributed by atoms with van der Waals surface area (Å²) in [6.45, 7) is 3.65. The van der Waals surface area contributed by atoms with Gasteiger partial charge in [-0.05, 0) is 43.5 Å². The molecule has 1 unspecified atom stereocenters. The van der Waals surface area contributed by atoms with Crippen molar-refractivity contribution in [1.82, 2.24) is 4.57 Å². The fourth-order valence-electron chi connectivity index (χ4n) is 4.03. The molecular formula is C25H18ClN3O6S2. The largest absolute Gasteiger partial charge is 0.463 e. The van der Waals surface area contributed by atoms with Crippen LogP contribution in [-0.2, 0) is 9.53 Å². The highest BCUT2D eigenvalue weighted by Crippen LogP contribution is 2.34. The number of benzene rings is 1. The van der Waals surface area contributed by atoms with Crippen molar-refractivity contribution < 1.29 is 18.9 Å². The van der Waals surface area contributed by atoms with Crippen LogP contribution in [0.2, 0.25) is 5.02 Å². The number of carbonyl (C=O) groups excluding carboxylic acids is 1. The van der Waals surface area contributed by atoms with Crippen LogP contribution in [0.1, 0.15) is 30.5 Å². The molecule has 0 amide bonds. The summed E-state index contributed by atoms with van der Waals surface area (Å²) >= 11 is 8.85. The predicted molar refractivity (Wildman–Crippen MR) is 141 cm³/mol. The first kappa shape index (κ1) is 24.9. The lowest BCUT2D eigenvalue weighted by molar-refractivity contribution is -0.384. The number of hydrogen-bond donors (Lipinski definition) is 0. The standard InChI is InChI=1S/C25H18ClN3O6S2/c1-3-34-24(31)21-13(2)27-25-28(22(21)19-5-4-10-36-19)23(30)20(37-25)12-15-7-9-18(35-15)16-11-14(29(32)33)6-8-17(16)26/h4-12,22H,3H2,1-2H3/b20-12-. The Hall–Kier alpha value is -3.80. The van der Waals surface area contributed by atoms with E-state index >= 15 is 0 Å². The minimum absolute atomic E-state index is 0.119. The molecule has 0 saturated carbocycles. The van der Waals surface area contributed by atoms with E-state index in [0.29, 0.717) is 42.7 Å². The number of carbonyl (C=O) groups is 1. The quantitative estimate of drug-likeness (QED) is 0.194. The summed E-state index contributed by atoms with van der Waals surface area (Å²) in [6, 6.07) is 10.4. The van der Waals surface area contributed by atoms with Crippen LogP contribution in [0.15, 0.2) is 73.3 Å². The third-order valence-electron chi connectivity index (χ3n) is 5.66. The molecule has 0 radical (unpaired) electrons. The summed E-state index contributed by atoms with van der Waals surface area (Å²) in [5.41, 5.74) is 0.730. The van der Waals surface area contributed by atoms with Crippen molar-refractivity contribution in [3.05, 3.63) is 105 Å². The maximum absolute atomic E-state index is 13.6. The maximum atomic E-state index is 13.6. The number of halogens is 1. The number of furan rings is 1. The molecule has 0 fully saturated rings. The minimum Gasteiger partial charge on any atom is -0.463 e. The number of thiophene rings is 1. The van der Waals surface area contributed by atoms with E-state index in [1.54, 1.807) is 32.1 Å². The Morgan fingerprint density at radius 1 is 1.32 bits per heavy atom. The topological polar surface area (TPSA) is 117 Å². The molecule has 1 aromatic carbocycles. The van der Waals surface area contributed by atoms with Crippen LogP contribution in [0.5, 0.6) is 0 Å². The van der Waals surface area contributed by atoms with Gasteiger partial charge < -0.3 is 9.15 Å². The Morgan fingerprint density at radius 2 is 2.14 bits per heavy atom. The first-order chi connectivity index (χ1) is 17.8. The van der Waals surface area contributed by atoms with Gasteiger partial charge in [0, 0.05) is 28.6 Å². The molecule has 0 spiro atoms. The van der Waals surface area contributed by atoms with Gasteiger partial charge in [0.25, 0.3) is 11.2 Å². The lowest BCUT2D eigenvalue weighted by atomic mass is 10.0. The fourth-order valence-corrected chi connectivity index (χ4v) is 6.09. The fraction of sp³-hybridized carbons (Fsp3) is 0.160. The van der Waals surface area contributed by atoms with E-state index in [-0.39, 0.29) is 17.9 Å². The number of fused-ring (bicyclic) bond motifs is 1. The number of ether oxygens (including phenoxy) is 1. The molecule has 188 valence electrons. The molecule has 1 aliphatic rings. The molecule has 3 aromatic heterocycles. The van der Waals surface area contributed by atoms with Crippen molar-refractivity contribution in [3.8, 4) is 11.3 Å². The van der Waals surface area contributed by atoms with Crippen molar-refractivity contribution >= 4 is 52.0 Å². The minimum atomic E-state index is -0.659. The van der Waals surface area contributed by atoms with E-state index in [1.165, 1.54) is 45.4 Å². The van der Waals surface area contributed by atoms with Crippen molar-refractivity contribution in [2.45, 2.75) is 19.9 Å². The van der Waals surface area contributed by atoms with Gasteiger partial charge in [-0.3, -0.25) is 19.5 Å². The van der Waals surface area contributed by atoms with Crippen LogP contribution in [0.4, 0.5) is 5.69 Å². The van der Waals surface area contributed by atoms with E-state index in [1.807, 2.05) is 17.5 Å². The number of nitrogens with zero attached hydrogens (tertiary/aromatic N) is 3. The number of non-ortho nitro benzene ring substituents is 1. The smallest absolute Gasteiger partial charge is 0.338 e. The van der Waals surface area contributed by atoms with Crippen LogP contribution < -0.4 is 14.9 Å².